The van der Waals surface area contributed by atoms with E-state index in [1.165, 1.54) is 6.07 Å². The maximum Gasteiger partial charge on any atom is 0.246 e. The lowest BCUT2D eigenvalue weighted by Crippen LogP contribution is -2.29. The molecule has 1 atom stereocenters. The molecule has 1 amide bonds. The van der Waals surface area contributed by atoms with E-state index in [0.29, 0.717) is 16.8 Å². The van der Waals surface area contributed by atoms with Crippen LogP contribution in [0.15, 0.2) is 29.3 Å². The summed E-state index contributed by atoms with van der Waals surface area (Å²) in [6.45, 7) is 3.50. The van der Waals surface area contributed by atoms with E-state index in [1.54, 1.807) is 37.0 Å². The Morgan fingerprint density at radius 2 is 2.04 bits per heavy atom. The van der Waals surface area contributed by atoms with Crippen molar-refractivity contribution in [2.75, 3.05) is 5.32 Å². The second-order valence-electron chi connectivity index (χ2n) is 6.60. The van der Waals surface area contributed by atoms with Crippen molar-refractivity contribution in [2.45, 2.75) is 43.7 Å². The zero-order valence-electron chi connectivity index (χ0n) is 15.0. The van der Waals surface area contributed by atoms with E-state index < -0.39 is 22.0 Å². The predicted octanol–water partition coefficient (Wildman–Crippen LogP) is 1.12. The van der Waals surface area contributed by atoms with Crippen molar-refractivity contribution in [3.8, 4) is 0 Å². The van der Waals surface area contributed by atoms with Crippen LogP contribution in [-0.4, -0.2) is 30.1 Å². The van der Waals surface area contributed by atoms with E-state index in [-0.39, 0.29) is 10.9 Å². The van der Waals surface area contributed by atoms with Crippen molar-refractivity contribution in [2.24, 2.45) is 12.8 Å². The van der Waals surface area contributed by atoms with Crippen LogP contribution in [0.4, 0.5) is 5.69 Å². The lowest BCUT2D eigenvalue weighted by atomic mass is 10.1. The van der Waals surface area contributed by atoms with Crippen LogP contribution in [0, 0.1) is 13.8 Å². The van der Waals surface area contributed by atoms with Gasteiger partial charge in [0, 0.05) is 30.0 Å². The molecule has 8 nitrogen and oxygen atoms in total. The number of carbonyl (C=O) groups excluding carboxylic acids is 1. The highest BCUT2D eigenvalue weighted by molar-refractivity contribution is 7.89. The smallest absolute Gasteiger partial charge is 0.246 e. The fraction of sp³-hybridized carbons (Fsp3) is 0.412. The molecule has 1 fully saturated rings. The van der Waals surface area contributed by atoms with Crippen LogP contribution in [0.1, 0.15) is 35.7 Å². The van der Waals surface area contributed by atoms with Gasteiger partial charge < -0.3 is 11.1 Å². The lowest BCUT2D eigenvalue weighted by Gasteiger charge is -2.16. The Labute approximate surface area is 152 Å². The summed E-state index contributed by atoms with van der Waals surface area (Å²) >= 11 is 0. The summed E-state index contributed by atoms with van der Waals surface area (Å²) in [5, 5.41) is 6.83. The van der Waals surface area contributed by atoms with Gasteiger partial charge in [-0.1, -0.05) is 6.07 Å². The Morgan fingerprint density at radius 3 is 2.62 bits per heavy atom. The number of anilines is 1. The summed E-state index contributed by atoms with van der Waals surface area (Å²) in [7, 11) is -1.84. The average Bonchev–Trinajstić information content (AvgIpc) is 3.32. The first kappa shape index (κ1) is 18.6. The molecule has 1 saturated carbocycles. The largest absolute Gasteiger partial charge is 0.324 e. The van der Waals surface area contributed by atoms with Gasteiger partial charge in [-0.15, -0.1) is 0 Å². The van der Waals surface area contributed by atoms with Gasteiger partial charge in [0.05, 0.1) is 11.1 Å². The van der Waals surface area contributed by atoms with Crippen LogP contribution in [0.3, 0.4) is 0 Å². The monoisotopic (exact) mass is 377 g/mol. The third-order valence-electron chi connectivity index (χ3n) is 4.62. The molecule has 0 bridgehead atoms. The Hall–Kier alpha value is -2.23. The van der Waals surface area contributed by atoms with Gasteiger partial charge in [0.15, 0.2) is 0 Å². The number of aromatic nitrogens is 2. The second-order valence-corrected chi connectivity index (χ2v) is 8.28. The molecule has 0 saturated heterocycles. The Morgan fingerprint density at radius 1 is 1.35 bits per heavy atom. The highest BCUT2D eigenvalue weighted by Crippen LogP contribution is 2.27. The molecule has 0 aliphatic heterocycles. The SMILES string of the molecule is Cc1c(NC(=O)C(N)c2cnn(C)c2C)cccc1S(=O)(=O)NC1CC1. The second kappa shape index (κ2) is 6.82. The van der Waals surface area contributed by atoms with Crippen molar-refractivity contribution in [3.05, 3.63) is 41.2 Å². The average molecular weight is 377 g/mol. The van der Waals surface area contributed by atoms with Crippen LogP contribution < -0.4 is 15.8 Å². The third-order valence-corrected chi connectivity index (χ3v) is 6.29. The van der Waals surface area contributed by atoms with Gasteiger partial charge in [-0.2, -0.15) is 5.10 Å². The van der Waals surface area contributed by atoms with Crippen LogP contribution in [0.2, 0.25) is 0 Å². The number of benzene rings is 1. The number of nitrogens with zero attached hydrogens (tertiary/aromatic N) is 2. The summed E-state index contributed by atoms with van der Waals surface area (Å²) in [5.41, 5.74) is 8.38. The van der Waals surface area contributed by atoms with Crippen molar-refractivity contribution in [1.82, 2.24) is 14.5 Å². The van der Waals surface area contributed by atoms with Crippen LogP contribution in [0.25, 0.3) is 0 Å². The maximum atomic E-state index is 12.5. The molecule has 1 aromatic heterocycles. The van der Waals surface area contributed by atoms with Crippen molar-refractivity contribution in [1.29, 1.82) is 0 Å². The highest BCUT2D eigenvalue weighted by atomic mass is 32.2. The van der Waals surface area contributed by atoms with Crippen molar-refractivity contribution >= 4 is 21.6 Å². The van der Waals surface area contributed by atoms with Gasteiger partial charge in [0.2, 0.25) is 15.9 Å². The Bertz CT molecular complexity index is 947. The Balaban J connectivity index is 1.82. The molecular weight excluding hydrogens is 354 g/mol. The molecule has 0 spiro atoms. The molecular formula is C17H23N5O3S. The topological polar surface area (TPSA) is 119 Å². The summed E-state index contributed by atoms with van der Waals surface area (Å²) < 4.78 is 29.3. The molecule has 140 valence electrons. The minimum Gasteiger partial charge on any atom is -0.324 e. The fourth-order valence-corrected chi connectivity index (χ4v) is 4.27. The van der Waals surface area contributed by atoms with Crippen LogP contribution in [0.5, 0.6) is 0 Å². The normalized spacial score (nSPS) is 15.7. The highest BCUT2D eigenvalue weighted by Gasteiger charge is 2.29. The van der Waals surface area contributed by atoms with E-state index in [2.05, 4.69) is 15.1 Å². The maximum absolute atomic E-state index is 12.5. The summed E-state index contributed by atoms with van der Waals surface area (Å²) in [4.78, 5) is 12.7. The number of amides is 1. The molecule has 1 aliphatic rings. The zero-order chi connectivity index (χ0) is 19.1. The zero-order valence-corrected chi connectivity index (χ0v) is 15.8. The Kier molecular flexibility index (Phi) is 4.87. The predicted molar refractivity (Wildman–Crippen MR) is 98.0 cm³/mol. The molecule has 9 heteroatoms. The minimum absolute atomic E-state index is 0.0135. The van der Waals surface area contributed by atoms with Crippen LogP contribution >= 0.6 is 0 Å². The van der Waals surface area contributed by atoms with Gasteiger partial charge in [-0.25, -0.2) is 13.1 Å². The molecule has 1 aliphatic carbocycles. The number of nitrogens with two attached hydrogens (primary N) is 1. The lowest BCUT2D eigenvalue weighted by molar-refractivity contribution is -0.117. The van der Waals surface area contributed by atoms with Crippen LogP contribution in [-0.2, 0) is 21.9 Å². The number of carbonyl (C=O) groups is 1. The minimum atomic E-state index is -3.61. The number of nitrogens with one attached hydrogen (secondary N) is 2. The number of rotatable bonds is 6. The van der Waals surface area contributed by atoms with Gasteiger partial charge >= 0.3 is 0 Å². The number of aryl methyl sites for hydroxylation is 1. The molecule has 4 N–H and O–H groups in total. The van der Waals surface area contributed by atoms with E-state index in [9.17, 15) is 13.2 Å². The number of hydrogen-bond acceptors (Lipinski definition) is 5. The molecule has 1 heterocycles. The summed E-state index contributed by atoms with van der Waals surface area (Å²) in [6.07, 6.45) is 3.27. The van der Waals surface area contributed by atoms with E-state index in [1.807, 2.05) is 6.92 Å². The quantitative estimate of drug-likeness (QED) is 0.697. The first-order chi connectivity index (χ1) is 12.2. The molecule has 2 aromatic rings. The van der Waals surface area contributed by atoms with E-state index in [0.717, 1.165) is 18.5 Å². The van der Waals surface area contributed by atoms with Crippen molar-refractivity contribution in [3.63, 3.8) is 0 Å². The fourth-order valence-electron chi connectivity index (χ4n) is 2.70. The van der Waals surface area contributed by atoms with Gasteiger partial charge in [0.25, 0.3) is 0 Å². The van der Waals surface area contributed by atoms with E-state index >= 15 is 0 Å². The molecule has 1 aromatic carbocycles. The molecule has 3 rings (SSSR count). The van der Waals surface area contributed by atoms with Gasteiger partial charge in [0.1, 0.15) is 6.04 Å². The van der Waals surface area contributed by atoms with Gasteiger partial charge in [-0.3, -0.25) is 9.48 Å². The van der Waals surface area contributed by atoms with Gasteiger partial charge in [-0.05, 0) is 44.4 Å². The first-order valence-electron chi connectivity index (χ1n) is 8.37. The number of sulfonamides is 1. The molecule has 0 radical (unpaired) electrons. The first-order valence-corrected chi connectivity index (χ1v) is 9.86. The van der Waals surface area contributed by atoms with E-state index in [4.69, 9.17) is 5.73 Å². The standard InChI is InChI=1S/C17H23N5O3S/c1-10-14(5-4-6-15(10)26(24,25)21-12-7-8-12)20-17(23)16(18)13-9-19-22(3)11(13)2/h4-6,9,12,16,21H,7-8,18H2,1-3H3,(H,20,23). The van der Waals surface area contributed by atoms with Crippen molar-refractivity contribution < 1.29 is 13.2 Å². The third kappa shape index (κ3) is 3.64. The molecule has 1 unspecified atom stereocenters. The molecule has 26 heavy (non-hydrogen) atoms. The summed E-state index contributed by atoms with van der Waals surface area (Å²) in [5.74, 6) is -0.422. The number of hydrogen-bond donors (Lipinski definition) is 3. The summed E-state index contributed by atoms with van der Waals surface area (Å²) in [6, 6.07) is 3.91.